The van der Waals surface area contributed by atoms with Gasteiger partial charge in [-0.2, -0.15) is 5.26 Å². The number of nitrogens with zero attached hydrogens (tertiary/aromatic N) is 1. The minimum Gasteiger partial charge on any atom is -0.461 e. The second-order valence-electron chi connectivity index (χ2n) is 3.96. The predicted molar refractivity (Wildman–Crippen MR) is 92.3 cm³/mol. The molecule has 0 aliphatic heterocycles. The molecule has 1 aromatic carbocycles. The second-order valence-corrected chi connectivity index (χ2v) is 3.96. The van der Waals surface area contributed by atoms with Gasteiger partial charge in [0.2, 0.25) is 0 Å². The first-order valence-electron chi connectivity index (χ1n) is 6.42. The fourth-order valence-electron chi connectivity index (χ4n) is 1.10. The summed E-state index contributed by atoms with van der Waals surface area (Å²) in [5, 5.41) is 8.19. The summed E-state index contributed by atoms with van der Waals surface area (Å²) in [6.07, 6.45) is 6.96. The summed E-state index contributed by atoms with van der Waals surface area (Å²) in [7, 11) is 0. The molecule has 1 aromatic rings. The maximum Gasteiger partial charge on any atom is 0.333 e. The molecule has 0 amide bonds. The topological polar surface area (TPSA) is 76.1 Å². The summed E-state index contributed by atoms with van der Waals surface area (Å²) in [5.41, 5.74) is 6.62. The monoisotopic (exact) mass is 320 g/mol. The zero-order valence-corrected chi connectivity index (χ0v) is 13.4. The molecule has 0 fully saturated rings. The lowest BCUT2D eigenvalue weighted by Gasteiger charge is -1.99. The lowest BCUT2D eigenvalue weighted by Crippen LogP contribution is -2.13. The first-order chi connectivity index (χ1) is 10.1. The van der Waals surface area contributed by atoms with Gasteiger partial charge in [-0.3, -0.25) is 0 Å². The maximum atomic E-state index is 10.5. The largest absolute Gasteiger partial charge is 0.461 e. The Morgan fingerprint density at radius 1 is 1.36 bits per heavy atom. The molecule has 118 valence electrons. The molecule has 0 atom stereocenters. The third kappa shape index (κ3) is 12.7. The first kappa shape index (κ1) is 21.9. The van der Waals surface area contributed by atoms with Crippen molar-refractivity contribution in [2.75, 3.05) is 13.2 Å². The van der Waals surface area contributed by atoms with Gasteiger partial charge in [-0.1, -0.05) is 55.1 Å². The van der Waals surface area contributed by atoms with Gasteiger partial charge in [0.15, 0.2) is 0 Å². The molecule has 1 rings (SSSR count). The van der Waals surface area contributed by atoms with Crippen molar-refractivity contribution in [2.24, 2.45) is 5.73 Å². The average molecular weight is 321 g/mol. The number of halogens is 1. The molecular formula is C17H21ClN2O2. The van der Waals surface area contributed by atoms with Gasteiger partial charge >= 0.3 is 5.97 Å². The molecule has 5 heteroatoms. The summed E-state index contributed by atoms with van der Waals surface area (Å²) in [4.78, 5) is 10.5. The second kappa shape index (κ2) is 15.0. The smallest absolute Gasteiger partial charge is 0.333 e. The van der Waals surface area contributed by atoms with E-state index < -0.39 is 0 Å². The number of carbonyl (C=O) groups excluding carboxylic acids is 1. The number of esters is 1. The number of ether oxygens (including phenoxy) is 1. The van der Waals surface area contributed by atoms with Crippen LogP contribution in [-0.2, 0) is 9.53 Å². The molecule has 0 aliphatic rings. The van der Waals surface area contributed by atoms with Crippen LogP contribution in [0, 0.1) is 11.3 Å². The van der Waals surface area contributed by atoms with Crippen molar-refractivity contribution in [1.82, 2.24) is 0 Å². The lowest BCUT2D eigenvalue weighted by atomic mass is 10.2. The molecule has 0 heterocycles. The SMILES string of the molecule is C=C(C)C(=O)OCCN.Cl.N#CC=CC=Cc1ccccc1. The number of rotatable bonds is 5. The molecule has 0 saturated heterocycles. The van der Waals surface area contributed by atoms with Crippen LogP contribution < -0.4 is 5.73 Å². The van der Waals surface area contributed by atoms with E-state index in [9.17, 15) is 4.79 Å². The molecule has 0 bridgehead atoms. The van der Waals surface area contributed by atoms with E-state index in [0.717, 1.165) is 5.56 Å². The summed E-state index contributed by atoms with van der Waals surface area (Å²) in [6, 6.07) is 11.9. The van der Waals surface area contributed by atoms with Crippen LogP contribution in [-0.4, -0.2) is 19.1 Å². The van der Waals surface area contributed by atoms with Crippen molar-refractivity contribution in [3.8, 4) is 6.07 Å². The van der Waals surface area contributed by atoms with E-state index in [1.807, 2.05) is 48.6 Å². The Bertz CT molecular complexity index is 531. The van der Waals surface area contributed by atoms with E-state index in [2.05, 4.69) is 11.3 Å². The summed E-state index contributed by atoms with van der Waals surface area (Å²) < 4.78 is 4.59. The Morgan fingerprint density at radius 3 is 2.50 bits per heavy atom. The van der Waals surface area contributed by atoms with Crippen LogP contribution in [0.1, 0.15) is 12.5 Å². The highest BCUT2D eigenvalue weighted by molar-refractivity contribution is 5.86. The van der Waals surface area contributed by atoms with Crippen LogP contribution in [0.5, 0.6) is 0 Å². The third-order valence-corrected chi connectivity index (χ3v) is 2.07. The fraction of sp³-hybridized carbons (Fsp3) is 0.176. The predicted octanol–water partition coefficient (Wildman–Crippen LogP) is 3.27. The van der Waals surface area contributed by atoms with Crippen LogP contribution in [0.2, 0.25) is 0 Å². The highest BCUT2D eigenvalue weighted by Gasteiger charge is 1.99. The van der Waals surface area contributed by atoms with Crippen LogP contribution in [0.4, 0.5) is 0 Å². The minimum atomic E-state index is -0.375. The Kier molecular flexibility index (Phi) is 15.0. The average Bonchev–Trinajstić information content (AvgIpc) is 2.51. The van der Waals surface area contributed by atoms with Crippen molar-refractivity contribution < 1.29 is 9.53 Å². The third-order valence-electron chi connectivity index (χ3n) is 2.07. The van der Waals surface area contributed by atoms with E-state index >= 15 is 0 Å². The Labute approximate surface area is 138 Å². The van der Waals surface area contributed by atoms with Crippen molar-refractivity contribution in [3.05, 3.63) is 66.3 Å². The Balaban J connectivity index is 0. The van der Waals surface area contributed by atoms with Crippen LogP contribution in [0.15, 0.2) is 60.7 Å². The van der Waals surface area contributed by atoms with Crippen LogP contribution in [0.3, 0.4) is 0 Å². The summed E-state index contributed by atoms with van der Waals surface area (Å²) >= 11 is 0. The molecule has 0 aromatic heterocycles. The zero-order chi connectivity index (χ0) is 15.9. The number of nitriles is 1. The van der Waals surface area contributed by atoms with Gasteiger partial charge in [-0.15, -0.1) is 12.4 Å². The molecular weight excluding hydrogens is 300 g/mol. The van der Waals surface area contributed by atoms with Crippen LogP contribution >= 0.6 is 12.4 Å². The van der Waals surface area contributed by atoms with Crippen LogP contribution in [0.25, 0.3) is 6.08 Å². The number of allylic oxidation sites excluding steroid dienone is 3. The molecule has 22 heavy (non-hydrogen) atoms. The molecule has 0 spiro atoms. The number of carbonyl (C=O) groups is 1. The molecule has 0 aliphatic carbocycles. The number of hydrogen-bond acceptors (Lipinski definition) is 4. The molecule has 0 saturated carbocycles. The Morgan fingerprint density at radius 2 is 2.00 bits per heavy atom. The van der Waals surface area contributed by atoms with Crippen molar-refractivity contribution in [3.63, 3.8) is 0 Å². The first-order valence-corrected chi connectivity index (χ1v) is 6.42. The quantitative estimate of drug-likeness (QED) is 0.391. The van der Waals surface area contributed by atoms with Crippen molar-refractivity contribution in [1.29, 1.82) is 5.26 Å². The molecule has 2 N–H and O–H groups in total. The molecule has 0 unspecified atom stereocenters. The number of nitrogens with two attached hydrogens (primary N) is 1. The fourth-order valence-corrected chi connectivity index (χ4v) is 1.10. The highest BCUT2D eigenvalue weighted by atomic mass is 35.5. The standard InChI is InChI=1S/C11H9N.C6H11NO2.ClH/c12-10-6-2-5-9-11-7-3-1-4-8-11;1-5(2)6(8)9-4-3-7;/h1-9H;1,3-4,7H2,2H3;1H. The van der Waals surface area contributed by atoms with Gasteiger partial charge in [0.25, 0.3) is 0 Å². The van der Waals surface area contributed by atoms with E-state index in [-0.39, 0.29) is 25.0 Å². The minimum absolute atomic E-state index is 0. The number of benzene rings is 1. The van der Waals surface area contributed by atoms with Gasteiger partial charge in [-0.05, 0) is 12.5 Å². The Hall–Kier alpha value is -2.35. The van der Waals surface area contributed by atoms with Gasteiger partial charge < -0.3 is 10.5 Å². The van der Waals surface area contributed by atoms with Gasteiger partial charge in [0.05, 0.1) is 6.07 Å². The van der Waals surface area contributed by atoms with Gasteiger partial charge in [0, 0.05) is 18.2 Å². The molecule has 0 radical (unpaired) electrons. The summed E-state index contributed by atoms with van der Waals surface area (Å²) in [5.74, 6) is -0.375. The van der Waals surface area contributed by atoms with Gasteiger partial charge in [-0.25, -0.2) is 4.79 Å². The van der Waals surface area contributed by atoms with Gasteiger partial charge in [0.1, 0.15) is 6.61 Å². The van der Waals surface area contributed by atoms with E-state index in [1.165, 1.54) is 6.08 Å². The van der Waals surface area contributed by atoms with E-state index in [1.54, 1.807) is 13.0 Å². The van der Waals surface area contributed by atoms with E-state index in [0.29, 0.717) is 12.1 Å². The summed E-state index contributed by atoms with van der Waals surface area (Å²) in [6.45, 7) is 5.62. The lowest BCUT2D eigenvalue weighted by molar-refractivity contribution is -0.138. The maximum absolute atomic E-state index is 10.5. The zero-order valence-electron chi connectivity index (χ0n) is 12.6. The highest BCUT2D eigenvalue weighted by Crippen LogP contribution is 2.00. The van der Waals surface area contributed by atoms with Crippen molar-refractivity contribution in [2.45, 2.75) is 6.92 Å². The normalized spacial score (nSPS) is 9.32. The van der Waals surface area contributed by atoms with E-state index in [4.69, 9.17) is 11.0 Å². The number of hydrogen-bond donors (Lipinski definition) is 1. The molecule has 4 nitrogen and oxygen atoms in total. The van der Waals surface area contributed by atoms with Crippen molar-refractivity contribution >= 4 is 24.5 Å².